The van der Waals surface area contributed by atoms with E-state index in [1.54, 1.807) is 13.0 Å². The first-order valence-corrected chi connectivity index (χ1v) is 20.4. The Kier molecular flexibility index (Phi) is 9.75. The molecule has 0 radical (unpaired) electrons. The third-order valence-corrected chi connectivity index (χ3v) is 16.2. The number of rotatable bonds is 8. The van der Waals surface area contributed by atoms with Crippen molar-refractivity contribution >= 4 is 30.0 Å². The monoisotopic (exact) mass is 746 g/mol. The Bertz CT molecular complexity index is 1680. The van der Waals surface area contributed by atoms with Gasteiger partial charge in [0.05, 0.1) is 6.61 Å². The van der Waals surface area contributed by atoms with Gasteiger partial charge in [0.2, 0.25) is 0 Å². The molecule has 9 heteroatoms. The summed E-state index contributed by atoms with van der Waals surface area (Å²) in [6.45, 7) is 18.0. The summed E-state index contributed by atoms with van der Waals surface area (Å²) >= 11 is 0. The maximum Gasteiger partial charge on any atom is 0.331 e. The third kappa shape index (κ3) is 6.05. The molecule has 0 bridgehead atoms. The van der Waals surface area contributed by atoms with Crippen molar-refractivity contribution in [3.05, 3.63) is 42.0 Å². The molecule has 1 aliphatic heterocycles. The predicted molar refractivity (Wildman–Crippen MR) is 202 cm³/mol. The van der Waals surface area contributed by atoms with Crippen molar-refractivity contribution < 1.29 is 42.9 Å². The van der Waals surface area contributed by atoms with Crippen molar-refractivity contribution in [1.29, 1.82) is 0 Å². The second-order valence-electron chi connectivity index (χ2n) is 19.5. The molecule has 296 valence electrons. The highest BCUT2D eigenvalue weighted by Crippen LogP contribution is 2.91. The summed E-state index contributed by atoms with van der Waals surface area (Å²) in [4.78, 5) is 50.5. The maximum atomic E-state index is 13.2. The Morgan fingerprint density at radius 3 is 2.17 bits per heavy atom. The number of ether oxygens (including phenoxy) is 5. The van der Waals surface area contributed by atoms with Gasteiger partial charge in [0.25, 0.3) is 0 Å². The molecule has 5 aliphatic carbocycles. The first kappa shape index (κ1) is 39.1. The first-order chi connectivity index (χ1) is 25.3. The van der Waals surface area contributed by atoms with E-state index in [0.29, 0.717) is 24.9 Å². The lowest BCUT2D eigenvalue weighted by Crippen LogP contribution is -2.67. The Balaban J connectivity index is 1.14. The van der Waals surface area contributed by atoms with Crippen LogP contribution >= 0.6 is 0 Å². The topological polar surface area (TPSA) is 114 Å². The van der Waals surface area contributed by atoms with Crippen LogP contribution in [-0.2, 0) is 42.9 Å². The van der Waals surface area contributed by atoms with Gasteiger partial charge in [-0.25, -0.2) is 4.79 Å². The fourth-order valence-corrected chi connectivity index (χ4v) is 14.3. The molecule has 1 saturated heterocycles. The molecule has 0 unspecified atom stereocenters. The predicted octanol–water partition coefficient (Wildman–Crippen LogP) is 8.27. The molecular weight excluding hydrogens is 684 g/mol. The van der Waals surface area contributed by atoms with E-state index in [9.17, 15) is 19.2 Å². The molecule has 1 aromatic rings. The lowest BCUT2D eigenvalue weighted by Gasteiger charge is -2.68. The first-order valence-electron chi connectivity index (χ1n) is 20.4. The Morgan fingerprint density at radius 2 is 1.50 bits per heavy atom. The van der Waals surface area contributed by atoms with Gasteiger partial charge in [-0.2, -0.15) is 0 Å². The summed E-state index contributed by atoms with van der Waals surface area (Å²) in [5, 5.41) is 0. The van der Waals surface area contributed by atoms with Crippen molar-refractivity contribution in [1.82, 2.24) is 0 Å². The molecule has 5 saturated carbocycles. The number of hydrogen-bond donors (Lipinski definition) is 0. The van der Waals surface area contributed by atoms with Crippen molar-refractivity contribution in [2.75, 3.05) is 6.61 Å². The number of benzene rings is 1. The Hall–Kier alpha value is -3.20. The fraction of sp³-hybridized carbons (Fsp3) is 0.733. The lowest BCUT2D eigenvalue weighted by atomic mass is 9.37. The quantitative estimate of drug-likeness (QED) is 0.147. The standard InChI is InChI=1S/C45H62O9/c1-27(46)51-33-23-31(25-50-39(33)41(6,7)54-29(3)48)32-17-22-45-26-44(32,45)21-18-34-42(8)20-19-36(53-38(49)16-15-30-13-11-10-12-14-30)40(4,5)35(42)24-37(43(34,45)9)52-28(2)47/h10-16,31-37,39H,17-26H2,1-9H3/t31-,32-,33+,34+,35-,36+,37+,39+,42+,43-,44+,45+/m0/s1. The molecule has 6 aliphatic rings. The van der Waals surface area contributed by atoms with Crippen molar-refractivity contribution in [2.45, 2.75) is 150 Å². The van der Waals surface area contributed by atoms with Crippen LogP contribution in [0.25, 0.3) is 6.08 Å². The molecule has 0 N–H and O–H groups in total. The molecule has 1 aromatic carbocycles. The maximum absolute atomic E-state index is 13.2. The summed E-state index contributed by atoms with van der Waals surface area (Å²) in [6.07, 6.45) is 10.4. The van der Waals surface area contributed by atoms with Gasteiger partial charge in [-0.05, 0) is 123 Å². The van der Waals surface area contributed by atoms with E-state index in [-0.39, 0.29) is 69.0 Å². The van der Waals surface area contributed by atoms with E-state index in [0.717, 1.165) is 56.9 Å². The second kappa shape index (κ2) is 13.5. The smallest absolute Gasteiger partial charge is 0.331 e. The van der Waals surface area contributed by atoms with Gasteiger partial charge >= 0.3 is 23.9 Å². The largest absolute Gasteiger partial charge is 0.462 e. The molecule has 6 fully saturated rings. The molecule has 7 rings (SSSR count). The van der Waals surface area contributed by atoms with Crippen LogP contribution in [0.3, 0.4) is 0 Å². The summed E-state index contributed by atoms with van der Waals surface area (Å²) in [7, 11) is 0. The highest BCUT2D eigenvalue weighted by atomic mass is 16.6. The Labute approximate surface area is 321 Å². The molecular formula is C45H62O9. The Morgan fingerprint density at radius 1 is 0.796 bits per heavy atom. The number of fused-ring (bicyclic) bond motifs is 3. The number of esters is 4. The van der Waals surface area contributed by atoms with Gasteiger partial charge in [-0.1, -0.05) is 58.0 Å². The summed E-state index contributed by atoms with van der Waals surface area (Å²) < 4.78 is 30.9. The zero-order valence-electron chi connectivity index (χ0n) is 33.9. The van der Waals surface area contributed by atoms with E-state index in [4.69, 9.17) is 23.7 Å². The second-order valence-corrected chi connectivity index (χ2v) is 19.5. The van der Waals surface area contributed by atoms with Gasteiger partial charge in [-0.15, -0.1) is 0 Å². The zero-order valence-corrected chi connectivity index (χ0v) is 33.9. The molecule has 1 heterocycles. The summed E-state index contributed by atoms with van der Waals surface area (Å²) in [6, 6.07) is 9.78. The van der Waals surface area contributed by atoms with Crippen molar-refractivity contribution in [2.24, 2.45) is 50.7 Å². The average Bonchev–Trinajstić information content (AvgIpc) is 3.65. The van der Waals surface area contributed by atoms with Gasteiger partial charge in [-0.3, -0.25) is 14.4 Å². The van der Waals surface area contributed by atoms with Crippen LogP contribution < -0.4 is 0 Å². The molecule has 0 aromatic heterocycles. The molecule has 12 atom stereocenters. The van der Waals surface area contributed by atoms with Crippen LogP contribution in [0.15, 0.2) is 36.4 Å². The SMILES string of the molecule is CC(=O)O[C@@H]1C[C@H]([C@@H]2CC[C@]34C[C@]23CC[C@@H]2[C@@]3(C)CC[C@@H](OC(=O)C=Cc5ccccc5)C(C)(C)[C@@H]3C[C@@H](OC(C)=O)[C@]24C)CO[C@H]1C(C)(C)OC(C)=O. The van der Waals surface area contributed by atoms with Crippen LogP contribution in [-0.4, -0.2) is 60.5 Å². The number of hydrogen-bond acceptors (Lipinski definition) is 9. The molecule has 9 nitrogen and oxygen atoms in total. The van der Waals surface area contributed by atoms with Gasteiger partial charge in [0.1, 0.15) is 30.0 Å². The van der Waals surface area contributed by atoms with E-state index < -0.39 is 23.8 Å². The van der Waals surface area contributed by atoms with Gasteiger partial charge in [0, 0.05) is 37.7 Å². The molecule has 54 heavy (non-hydrogen) atoms. The average molecular weight is 747 g/mol. The van der Waals surface area contributed by atoms with E-state index in [2.05, 4.69) is 27.7 Å². The van der Waals surface area contributed by atoms with Crippen molar-refractivity contribution in [3.8, 4) is 0 Å². The van der Waals surface area contributed by atoms with Gasteiger partial charge < -0.3 is 23.7 Å². The minimum atomic E-state index is -0.949. The van der Waals surface area contributed by atoms with Crippen LogP contribution in [0.5, 0.6) is 0 Å². The van der Waals surface area contributed by atoms with Crippen molar-refractivity contribution in [3.63, 3.8) is 0 Å². The minimum Gasteiger partial charge on any atom is -0.462 e. The van der Waals surface area contributed by atoms with Gasteiger partial charge in [0.15, 0.2) is 0 Å². The third-order valence-electron chi connectivity index (χ3n) is 16.2. The van der Waals surface area contributed by atoms with Crippen LogP contribution in [0.4, 0.5) is 0 Å². The van der Waals surface area contributed by atoms with Crippen LogP contribution in [0.2, 0.25) is 0 Å². The summed E-state index contributed by atoms with van der Waals surface area (Å²) in [5.74, 6) is -0.177. The minimum absolute atomic E-state index is 0.0108. The molecule has 0 amide bonds. The van der Waals surface area contributed by atoms with E-state index in [1.165, 1.54) is 19.9 Å². The zero-order chi connectivity index (χ0) is 39.1. The van der Waals surface area contributed by atoms with Crippen LogP contribution in [0, 0.1) is 50.7 Å². The van der Waals surface area contributed by atoms with E-state index in [1.807, 2.05) is 44.2 Å². The number of carbonyl (C=O) groups is 4. The normalized spacial score (nSPS) is 42.0. The highest BCUT2D eigenvalue weighted by Gasteiger charge is 2.86. The number of carbonyl (C=O) groups excluding carboxylic acids is 4. The van der Waals surface area contributed by atoms with E-state index >= 15 is 0 Å². The molecule has 0 spiro atoms. The lowest BCUT2D eigenvalue weighted by molar-refractivity contribution is -0.252. The fourth-order valence-electron chi connectivity index (χ4n) is 14.3. The van der Waals surface area contributed by atoms with Crippen LogP contribution in [0.1, 0.15) is 126 Å². The highest BCUT2D eigenvalue weighted by molar-refractivity contribution is 5.87. The summed E-state index contributed by atoms with van der Waals surface area (Å²) in [5.41, 5.74) is -0.381.